The number of carboxylic acids is 1. The van der Waals surface area contributed by atoms with Crippen LogP contribution in [0.3, 0.4) is 0 Å². The Morgan fingerprint density at radius 1 is 1.06 bits per heavy atom. The smallest absolute Gasteiger partial charge is 0.335 e. The molecule has 0 saturated carbocycles. The number of hydrogen-bond acceptors (Lipinski definition) is 8. The van der Waals surface area contributed by atoms with E-state index in [9.17, 15) is 29.4 Å². The molecule has 1 heterocycles. The second-order valence-corrected chi connectivity index (χ2v) is 12.7. The molecule has 0 aromatic heterocycles. The van der Waals surface area contributed by atoms with Crippen LogP contribution in [0.15, 0.2) is 60.7 Å². The van der Waals surface area contributed by atoms with Crippen LogP contribution in [-0.2, 0) is 35.1 Å². The molecule has 4 N–H and O–H groups in total. The molecule has 0 aliphatic carbocycles. The first-order chi connectivity index (χ1) is 22.3. The van der Waals surface area contributed by atoms with Crippen molar-refractivity contribution in [1.29, 1.82) is 0 Å². The van der Waals surface area contributed by atoms with Crippen molar-refractivity contribution in [3.8, 4) is 5.75 Å². The average Bonchev–Trinajstić information content (AvgIpc) is 3.83. The minimum absolute atomic E-state index is 0.0709. The monoisotopic (exact) mass is 672 g/mol. The largest absolute Gasteiger partial charge is 0.495 e. The van der Waals surface area contributed by atoms with Crippen molar-refractivity contribution in [2.24, 2.45) is 17.8 Å². The highest BCUT2D eigenvalue weighted by molar-refractivity contribution is 6.32. The minimum atomic E-state index is -1.28. The first-order valence-corrected chi connectivity index (χ1v) is 16.1. The predicted octanol–water partition coefficient (Wildman–Crippen LogP) is 4.25. The number of nitrogens with one attached hydrogen (secondary N) is 2. The second kappa shape index (κ2) is 17.8. The first kappa shape index (κ1) is 37.5. The number of esters is 1. The molecule has 1 saturated heterocycles. The van der Waals surface area contributed by atoms with Gasteiger partial charge in [0.2, 0.25) is 11.8 Å². The summed E-state index contributed by atoms with van der Waals surface area (Å²) >= 11 is 6.26. The van der Waals surface area contributed by atoms with Crippen molar-refractivity contribution < 1.29 is 43.6 Å². The van der Waals surface area contributed by atoms with Crippen molar-refractivity contribution in [2.75, 3.05) is 13.7 Å². The normalized spacial score (nSPS) is 18.9. The molecule has 3 rings (SSSR count). The molecule has 0 radical (unpaired) electrons. The quantitative estimate of drug-likeness (QED) is 0.103. The topological polar surface area (TPSA) is 164 Å². The number of carbonyl (C=O) groups is 4. The molecule has 1 aliphatic rings. The highest BCUT2D eigenvalue weighted by atomic mass is 35.5. The van der Waals surface area contributed by atoms with Gasteiger partial charge < -0.3 is 35.1 Å². The van der Waals surface area contributed by atoms with Crippen LogP contribution in [-0.4, -0.2) is 72.0 Å². The summed E-state index contributed by atoms with van der Waals surface area (Å²) < 4.78 is 16.9. The number of epoxide rings is 1. The first-order valence-electron chi connectivity index (χ1n) is 15.7. The highest BCUT2D eigenvalue weighted by Gasteiger charge is 2.47. The number of halogens is 1. The van der Waals surface area contributed by atoms with E-state index in [0.29, 0.717) is 16.3 Å². The molecule has 256 valence electrons. The molecule has 0 spiro atoms. The van der Waals surface area contributed by atoms with Crippen LogP contribution in [0.5, 0.6) is 5.75 Å². The standard InChI is InChI=1S/C35H45ClN2O9/c1-20(2)16-27(39)35(44)46-28(22(4)31-32(47-31)24-10-7-6-8-11-24)12-9-13-30(40)38-26(33(41)37-19-21(3)34(42)43)18-23-14-15-29(45-5)25(36)17-23/h6-11,13-15,17,20-22,26-28,31-32,39H,12,16,18-19H2,1-5H3,(H,37,41)(H,38,40)(H,42,43)/b13-9+/t21-,22+,26+,27+,28+,31-,32+/m1/s1. The molecule has 12 heteroatoms. The maximum Gasteiger partial charge on any atom is 0.335 e. The van der Waals surface area contributed by atoms with E-state index in [1.54, 1.807) is 24.3 Å². The number of benzene rings is 2. The van der Waals surface area contributed by atoms with E-state index >= 15 is 0 Å². The number of methoxy groups -OCH3 is 1. The summed E-state index contributed by atoms with van der Waals surface area (Å²) in [5, 5.41) is 25.2. The summed E-state index contributed by atoms with van der Waals surface area (Å²) in [5.74, 6) is -3.52. The van der Waals surface area contributed by atoms with Gasteiger partial charge in [-0.2, -0.15) is 0 Å². The van der Waals surface area contributed by atoms with E-state index in [1.807, 2.05) is 51.1 Å². The fraction of sp³-hybridized carbons (Fsp3) is 0.486. The maximum absolute atomic E-state index is 13.1. The van der Waals surface area contributed by atoms with Gasteiger partial charge in [0, 0.05) is 25.3 Å². The summed E-state index contributed by atoms with van der Waals surface area (Å²) in [6, 6.07) is 13.6. The van der Waals surface area contributed by atoms with Gasteiger partial charge in [0.1, 0.15) is 24.0 Å². The number of ether oxygens (including phenoxy) is 3. The van der Waals surface area contributed by atoms with Crippen molar-refractivity contribution in [1.82, 2.24) is 10.6 Å². The number of carboxylic acid groups (broad SMARTS) is 1. The SMILES string of the molecule is COc1ccc(C[C@H](NC(=O)/C=C/C[C@H](OC(=O)[C@@H](O)CC(C)C)[C@H](C)[C@H]2O[C@H]2c2ccccc2)C(=O)NC[C@@H](C)C(=O)O)cc1Cl. The Balaban J connectivity index is 1.72. The van der Waals surface area contributed by atoms with Crippen LogP contribution in [0, 0.1) is 17.8 Å². The maximum atomic E-state index is 13.1. The van der Waals surface area contributed by atoms with Gasteiger partial charge in [-0.3, -0.25) is 14.4 Å². The predicted molar refractivity (Wildman–Crippen MR) is 176 cm³/mol. The fourth-order valence-electron chi connectivity index (χ4n) is 5.06. The number of aliphatic hydroxyl groups is 1. The Hall–Kier alpha value is -3.93. The minimum Gasteiger partial charge on any atom is -0.495 e. The van der Waals surface area contributed by atoms with Crippen LogP contribution < -0.4 is 15.4 Å². The number of rotatable bonds is 18. The van der Waals surface area contributed by atoms with Crippen molar-refractivity contribution in [2.45, 2.75) is 77.4 Å². The molecular weight excluding hydrogens is 628 g/mol. The molecule has 7 atom stereocenters. The lowest BCUT2D eigenvalue weighted by atomic mass is 9.93. The number of amides is 2. The zero-order valence-electron chi connectivity index (χ0n) is 27.4. The molecule has 2 amide bonds. The lowest BCUT2D eigenvalue weighted by molar-refractivity contribution is -0.162. The lowest BCUT2D eigenvalue weighted by Gasteiger charge is -2.24. The Morgan fingerprint density at radius 2 is 1.77 bits per heavy atom. The zero-order valence-corrected chi connectivity index (χ0v) is 28.1. The summed E-state index contributed by atoms with van der Waals surface area (Å²) in [5.41, 5.74) is 1.65. The molecule has 0 unspecified atom stereocenters. The zero-order chi connectivity index (χ0) is 34.7. The van der Waals surface area contributed by atoms with Crippen LogP contribution in [0.2, 0.25) is 5.02 Å². The number of hydrogen-bond donors (Lipinski definition) is 4. The molecule has 1 fully saturated rings. The number of aliphatic hydroxyl groups excluding tert-OH is 1. The summed E-state index contributed by atoms with van der Waals surface area (Å²) in [6.07, 6.45) is 0.900. The van der Waals surface area contributed by atoms with E-state index in [2.05, 4.69) is 10.6 Å². The van der Waals surface area contributed by atoms with Gasteiger partial charge >= 0.3 is 11.9 Å². The molecule has 1 aliphatic heterocycles. The molecule has 0 bridgehead atoms. The van der Waals surface area contributed by atoms with Crippen LogP contribution in [0.25, 0.3) is 0 Å². The molecular formula is C35H45ClN2O9. The van der Waals surface area contributed by atoms with E-state index in [4.69, 9.17) is 25.8 Å². The average molecular weight is 673 g/mol. The second-order valence-electron chi connectivity index (χ2n) is 12.3. The third kappa shape index (κ3) is 11.7. The van der Waals surface area contributed by atoms with E-state index in [0.717, 1.165) is 5.56 Å². The van der Waals surface area contributed by atoms with Crippen LogP contribution in [0.1, 0.15) is 57.8 Å². The fourth-order valence-corrected chi connectivity index (χ4v) is 5.34. The van der Waals surface area contributed by atoms with Gasteiger partial charge in [-0.05, 0) is 41.7 Å². The van der Waals surface area contributed by atoms with Crippen molar-refractivity contribution in [3.05, 3.63) is 76.8 Å². The van der Waals surface area contributed by atoms with Gasteiger partial charge in [-0.1, -0.05) is 81.8 Å². The Kier molecular flexibility index (Phi) is 14.2. The third-order valence-electron chi connectivity index (χ3n) is 7.92. The summed E-state index contributed by atoms with van der Waals surface area (Å²) in [4.78, 5) is 50.2. The summed E-state index contributed by atoms with van der Waals surface area (Å²) in [7, 11) is 1.48. The molecule has 2 aromatic carbocycles. The van der Waals surface area contributed by atoms with Gasteiger partial charge in [0.15, 0.2) is 6.10 Å². The molecule has 11 nitrogen and oxygen atoms in total. The number of aliphatic carboxylic acids is 1. The Morgan fingerprint density at radius 3 is 2.38 bits per heavy atom. The van der Waals surface area contributed by atoms with Gasteiger partial charge in [0.25, 0.3) is 0 Å². The highest BCUT2D eigenvalue weighted by Crippen LogP contribution is 2.45. The van der Waals surface area contributed by atoms with Gasteiger partial charge in [0.05, 0.1) is 24.2 Å². The van der Waals surface area contributed by atoms with E-state index < -0.39 is 47.9 Å². The van der Waals surface area contributed by atoms with Crippen molar-refractivity contribution >= 4 is 35.4 Å². The van der Waals surface area contributed by atoms with E-state index in [1.165, 1.54) is 20.1 Å². The lowest BCUT2D eigenvalue weighted by Crippen LogP contribution is -2.48. The van der Waals surface area contributed by atoms with Crippen LogP contribution >= 0.6 is 11.6 Å². The van der Waals surface area contributed by atoms with Gasteiger partial charge in [-0.25, -0.2) is 4.79 Å². The third-order valence-corrected chi connectivity index (χ3v) is 8.22. The number of carbonyl (C=O) groups excluding carboxylic acids is 3. The van der Waals surface area contributed by atoms with Gasteiger partial charge in [-0.15, -0.1) is 0 Å². The molecule has 2 aromatic rings. The summed E-state index contributed by atoms with van der Waals surface area (Å²) in [6.45, 7) is 7.02. The van der Waals surface area contributed by atoms with Crippen LogP contribution in [0.4, 0.5) is 0 Å². The van der Waals surface area contributed by atoms with E-state index in [-0.39, 0.29) is 49.9 Å². The Labute approximate surface area is 280 Å². The molecule has 47 heavy (non-hydrogen) atoms. The van der Waals surface area contributed by atoms with Crippen molar-refractivity contribution in [3.63, 3.8) is 0 Å². The Bertz CT molecular complexity index is 1400.